The molecule has 9 heavy (non-hydrogen) atoms. The molecule has 45 valence electrons. The summed E-state index contributed by atoms with van der Waals surface area (Å²) in [5.74, 6) is 0. The fourth-order valence-corrected chi connectivity index (χ4v) is 0.638. The van der Waals surface area contributed by atoms with E-state index in [0.29, 0.717) is 0 Å². The zero-order valence-electron chi connectivity index (χ0n) is 5.17. The van der Waals surface area contributed by atoms with Crippen molar-refractivity contribution in [2.75, 3.05) is 0 Å². The summed E-state index contributed by atoms with van der Waals surface area (Å²) in [6.45, 7) is 3.62. The lowest BCUT2D eigenvalue weighted by Crippen LogP contribution is -1.79. The van der Waals surface area contributed by atoms with E-state index in [2.05, 4.69) is 17.8 Å². The fourth-order valence-electron chi connectivity index (χ4n) is 0.638. The van der Waals surface area contributed by atoms with Crippen LogP contribution in [0.1, 0.15) is 5.56 Å². The number of allylic oxidation sites excluding steroid dienone is 1. The van der Waals surface area contributed by atoms with Gasteiger partial charge in [0.15, 0.2) is 0 Å². The summed E-state index contributed by atoms with van der Waals surface area (Å²) >= 11 is 0. The zero-order chi connectivity index (χ0) is 6.53. The van der Waals surface area contributed by atoms with Gasteiger partial charge in [0.25, 0.3) is 0 Å². The van der Waals surface area contributed by atoms with E-state index in [1.807, 2.05) is 18.2 Å². The molecule has 1 nitrogen and oxygen atoms in total. The molecule has 0 unspecified atom stereocenters. The average molecular weight is 118 g/mol. The molecule has 0 fully saturated rings. The highest BCUT2D eigenvalue weighted by Gasteiger charge is 1.83. The molecule has 1 heterocycles. The van der Waals surface area contributed by atoms with Crippen LogP contribution in [-0.4, -0.2) is 4.98 Å². The second kappa shape index (κ2) is 3.02. The quantitative estimate of drug-likeness (QED) is 0.537. The van der Waals surface area contributed by atoms with Gasteiger partial charge in [-0.25, -0.2) is 0 Å². The van der Waals surface area contributed by atoms with Crippen molar-refractivity contribution >= 4 is 0 Å². The number of pyridine rings is 1. The van der Waals surface area contributed by atoms with Crippen molar-refractivity contribution in [3.8, 4) is 0 Å². The summed E-state index contributed by atoms with van der Waals surface area (Å²) < 4.78 is 0. The van der Waals surface area contributed by atoms with Crippen LogP contribution >= 0.6 is 0 Å². The van der Waals surface area contributed by atoms with Crippen LogP contribution in [0.5, 0.6) is 0 Å². The molecule has 1 radical (unpaired) electrons. The van der Waals surface area contributed by atoms with Gasteiger partial charge in [0.05, 0.1) is 6.20 Å². The van der Waals surface area contributed by atoms with Gasteiger partial charge in [-0.15, -0.1) is 6.58 Å². The topological polar surface area (TPSA) is 12.9 Å². The third kappa shape index (κ3) is 1.68. The maximum atomic E-state index is 3.77. The number of hydrogen-bond acceptors (Lipinski definition) is 1. The summed E-state index contributed by atoms with van der Waals surface area (Å²) in [7, 11) is 0. The van der Waals surface area contributed by atoms with Gasteiger partial charge < -0.3 is 0 Å². The van der Waals surface area contributed by atoms with Crippen molar-refractivity contribution in [2.45, 2.75) is 6.42 Å². The smallest absolute Gasteiger partial charge is 0.0889 e. The van der Waals surface area contributed by atoms with E-state index in [4.69, 9.17) is 0 Å². The first-order valence-corrected chi connectivity index (χ1v) is 2.85. The van der Waals surface area contributed by atoms with Gasteiger partial charge in [0.2, 0.25) is 0 Å². The zero-order valence-corrected chi connectivity index (χ0v) is 5.17. The average Bonchev–Trinajstić information content (AvgIpc) is 1.91. The summed E-state index contributed by atoms with van der Waals surface area (Å²) in [5.41, 5.74) is 1.21. The molecular formula is C8H8N. The highest BCUT2D eigenvalue weighted by molar-refractivity contribution is 5.11. The minimum absolute atomic E-state index is 0.902. The van der Waals surface area contributed by atoms with Crippen molar-refractivity contribution in [2.24, 2.45) is 0 Å². The number of hydrogen-bond donors (Lipinski definition) is 0. The Morgan fingerprint density at radius 3 is 3.22 bits per heavy atom. The Kier molecular flexibility index (Phi) is 2.02. The maximum absolute atomic E-state index is 3.77. The van der Waals surface area contributed by atoms with E-state index in [-0.39, 0.29) is 0 Å². The number of nitrogens with zero attached hydrogens (tertiary/aromatic N) is 1. The molecule has 1 aromatic heterocycles. The SMILES string of the molecule is C=CCc1c[c]ncc1. The van der Waals surface area contributed by atoms with E-state index in [1.165, 1.54) is 5.56 Å². The van der Waals surface area contributed by atoms with Gasteiger partial charge in [-0.1, -0.05) is 6.08 Å². The van der Waals surface area contributed by atoms with Crippen LogP contribution in [0.15, 0.2) is 31.0 Å². The molecule has 1 aromatic rings. The Morgan fingerprint density at radius 2 is 2.67 bits per heavy atom. The lowest BCUT2D eigenvalue weighted by Gasteiger charge is -1.89. The lowest BCUT2D eigenvalue weighted by atomic mass is 10.2. The molecule has 0 amide bonds. The van der Waals surface area contributed by atoms with Crippen LogP contribution in [0.25, 0.3) is 0 Å². The van der Waals surface area contributed by atoms with Crippen LogP contribution in [0.2, 0.25) is 0 Å². The highest BCUT2D eigenvalue weighted by atomic mass is 14.6. The third-order valence-corrected chi connectivity index (χ3v) is 1.07. The first-order valence-electron chi connectivity index (χ1n) is 2.85. The van der Waals surface area contributed by atoms with E-state index in [9.17, 15) is 0 Å². The van der Waals surface area contributed by atoms with Gasteiger partial charge in [0.1, 0.15) is 0 Å². The van der Waals surface area contributed by atoms with Crippen LogP contribution < -0.4 is 0 Å². The van der Waals surface area contributed by atoms with Crippen molar-refractivity contribution in [1.82, 2.24) is 4.98 Å². The summed E-state index contributed by atoms with van der Waals surface area (Å²) in [6, 6.07) is 3.82. The summed E-state index contributed by atoms with van der Waals surface area (Å²) in [5, 5.41) is 0. The Labute approximate surface area is 55.1 Å². The number of rotatable bonds is 2. The lowest BCUT2D eigenvalue weighted by molar-refractivity contribution is 1.21. The van der Waals surface area contributed by atoms with Gasteiger partial charge in [-0.3, -0.25) is 4.98 Å². The molecule has 1 heteroatoms. The molecule has 0 aliphatic rings. The molecule has 0 saturated heterocycles. The van der Waals surface area contributed by atoms with E-state index < -0.39 is 0 Å². The van der Waals surface area contributed by atoms with Crippen molar-refractivity contribution in [3.05, 3.63) is 42.7 Å². The molecule has 0 aromatic carbocycles. The molecular weight excluding hydrogens is 110 g/mol. The van der Waals surface area contributed by atoms with Crippen molar-refractivity contribution in [1.29, 1.82) is 0 Å². The van der Waals surface area contributed by atoms with E-state index >= 15 is 0 Å². The molecule has 0 spiro atoms. The summed E-state index contributed by atoms with van der Waals surface area (Å²) in [6.07, 6.45) is 7.25. The molecule has 0 aliphatic heterocycles. The second-order valence-corrected chi connectivity index (χ2v) is 1.79. The number of aromatic nitrogens is 1. The minimum atomic E-state index is 0.902. The fraction of sp³-hybridized carbons (Fsp3) is 0.125. The molecule has 0 atom stereocenters. The van der Waals surface area contributed by atoms with Gasteiger partial charge in [-0.05, 0) is 24.1 Å². The van der Waals surface area contributed by atoms with Gasteiger partial charge in [0, 0.05) is 6.20 Å². The molecule has 0 saturated carbocycles. The van der Waals surface area contributed by atoms with Crippen LogP contribution in [-0.2, 0) is 6.42 Å². The monoisotopic (exact) mass is 118 g/mol. The van der Waals surface area contributed by atoms with E-state index in [1.54, 1.807) is 6.20 Å². The standard InChI is InChI=1S/C8H8N/c1-2-3-8-4-6-9-7-5-8/h2,4-6H,1,3H2. The maximum Gasteiger partial charge on any atom is 0.0889 e. The molecule has 0 N–H and O–H groups in total. The Hall–Kier alpha value is -1.11. The van der Waals surface area contributed by atoms with E-state index in [0.717, 1.165) is 6.42 Å². The first kappa shape index (κ1) is 6.02. The predicted octanol–water partition coefficient (Wildman–Crippen LogP) is 1.61. The Balaban J connectivity index is 2.72. The predicted molar refractivity (Wildman–Crippen MR) is 37.0 cm³/mol. The van der Waals surface area contributed by atoms with Crippen LogP contribution in [0.4, 0.5) is 0 Å². The molecule has 0 bridgehead atoms. The third-order valence-electron chi connectivity index (χ3n) is 1.07. The van der Waals surface area contributed by atoms with Gasteiger partial charge >= 0.3 is 0 Å². The van der Waals surface area contributed by atoms with Crippen LogP contribution in [0.3, 0.4) is 0 Å². The van der Waals surface area contributed by atoms with Crippen molar-refractivity contribution in [3.63, 3.8) is 0 Å². The minimum Gasteiger partial charge on any atom is -0.255 e. The molecule has 0 aliphatic carbocycles. The highest BCUT2D eigenvalue weighted by Crippen LogP contribution is 1.95. The van der Waals surface area contributed by atoms with Gasteiger partial charge in [-0.2, -0.15) is 0 Å². The van der Waals surface area contributed by atoms with Crippen molar-refractivity contribution < 1.29 is 0 Å². The summed E-state index contributed by atoms with van der Waals surface area (Å²) in [4.78, 5) is 3.77. The molecule has 1 rings (SSSR count). The normalized spacial score (nSPS) is 8.89. The Morgan fingerprint density at radius 1 is 1.78 bits per heavy atom. The second-order valence-electron chi connectivity index (χ2n) is 1.79. The largest absolute Gasteiger partial charge is 0.255 e. The first-order chi connectivity index (χ1) is 4.43. The Bertz CT molecular complexity index is 179. The van der Waals surface area contributed by atoms with Crippen LogP contribution in [0, 0.1) is 6.20 Å².